The number of likely N-dealkylation sites (tertiary alicyclic amines) is 1. The summed E-state index contributed by atoms with van der Waals surface area (Å²) in [5.41, 5.74) is 6.10. The molecule has 3 heterocycles. The summed E-state index contributed by atoms with van der Waals surface area (Å²) in [6.07, 6.45) is 3.56. The summed E-state index contributed by atoms with van der Waals surface area (Å²) in [7, 11) is 2.91. The molecule has 0 saturated carbocycles. The van der Waals surface area contributed by atoms with Crippen molar-refractivity contribution in [2.75, 3.05) is 27.3 Å². The highest BCUT2D eigenvalue weighted by molar-refractivity contribution is 5.96. The minimum Gasteiger partial charge on any atom is -0.465 e. The van der Waals surface area contributed by atoms with Crippen molar-refractivity contribution < 1.29 is 38.6 Å². The minimum absolute atomic E-state index is 0.0182. The Balaban J connectivity index is 1.03. The fourth-order valence-corrected chi connectivity index (χ4v) is 10.3. The van der Waals surface area contributed by atoms with Crippen LogP contribution in [-0.4, -0.2) is 118 Å². The zero-order valence-electron chi connectivity index (χ0n) is 41.4. The normalized spacial score (nSPS) is 19.9. The van der Waals surface area contributed by atoms with Crippen LogP contribution in [0.3, 0.4) is 0 Å². The summed E-state index contributed by atoms with van der Waals surface area (Å²) in [4.78, 5) is 87.6. The number of nitrogens with zero attached hydrogens (tertiary/aromatic N) is 4. The molecule has 1 aliphatic carbocycles. The maximum absolute atomic E-state index is 14.8. The van der Waals surface area contributed by atoms with Crippen LogP contribution in [0.2, 0.25) is 0 Å². The predicted molar refractivity (Wildman–Crippen MR) is 269 cm³/mol. The van der Waals surface area contributed by atoms with Gasteiger partial charge in [0.25, 0.3) is 0 Å². The van der Waals surface area contributed by atoms with E-state index in [1.54, 1.807) is 34.1 Å². The highest BCUT2D eigenvalue weighted by Gasteiger charge is 2.46. The summed E-state index contributed by atoms with van der Waals surface area (Å²) in [5, 5.41) is 22.9. The van der Waals surface area contributed by atoms with Gasteiger partial charge >= 0.3 is 12.1 Å². The molecule has 3 aliphatic rings. The average molecular weight is 967 g/mol. The van der Waals surface area contributed by atoms with Gasteiger partial charge in [0, 0.05) is 45.4 Å². The maximum atomic E-state index is 14.8. The largest absolute Gasteiger partial charge is 0.465 e. The van der Waals surface area contributed by atoms with Crippen LogP contribution in [0, 0.1) is 5.41 Å². The Kier molecular flexibility index (Phi) is 15.3. The summed E-state index contributed by atoms with van der Waals surface area (Å²) >= 11 is 0. The molecule has 5 N–H and O–H groups in total. The lowest BCUT2D eigenvalue weighted by molar-refractivity contribution is -0.144. The van der Waals surface area contributed by atoms with E-state index in [1.807, 2.05) is 89.8 Å². The number of nitrogens with one attached hydrogen (secondary N) is 4. The topological polar surface area (TPSA) is 195 Å². The predicted octanol–water partition coefficient (Wildman–Crippen LogP) is 6.32. The van der Waals surface area contributed by atoms with E-state index in [2.05, 4.69) is 39.5 Å². The molecule has 0 bridgehead atoms. The highest BCUT2D eigenvalue weighted by Crippen LogP contribution is 2.33. The van der Waals surface area contributed by atoms with Crippen LogP contribution in [0.1, 0.15) is 92.4 Å². The molecule has 1 fully saturated rings. The lowest BCUT2D eigenvalue weighted by Crippen LogP contribution is -2.60. The van der Waals surface area contributed by atoms with Gasteiger partial charge in [-0.3, -0.25) is 28.6 Å². The number of carbonyl (C=O) groups excluding carboxylic acids is 5. The van der Waals surface area contributed by atoms with E-state index in [0.29, 0.717) is 18.5 Å². The van der Waals surface area contributed by atoms with E-state index < -0.39 is 59.6 Å². The summed E-state index contributed by atoms with van der Waals surface area (Å²) in [5.74, 6) is -1.59. The molecule has 16 heteroatoms. The van der Waals surface area contributed by atoms with Gasteiger partial charge < -0.3 is 40.9 Å². The molecular weight excluding hydrogens is 901 g/mol. The number of ether oxygens (including phenoxy) is 1. The van der Waals surface area contributed by atoms with Crippen molar-refractivity contribution in [3.63, 3.8) is 0 Å². The van der Waals surface area contributed by atoms with Crippen molar-refractivity contribution in [3.05, 3.63) is 143 Å². The first-order chi connectivity index (χ1) is 34.0. The van der Waals surface area contributed by atoms with E-state index >= 15 is 0 Å². The molecule has 1 aromatic heterocycles. The third-order valence-electron chi connectivity index (χ3n) is 14.4. The Morgan fingerprint density at radius 1 is 0.887 bits per heavy atom. The smallest absolute Gasteiger partial charge is 0.407 e. The second kappa shape index (κ2) is 21.5. The van der Waals surface area contributed by atoms with E-state index in [9.17, 15) is 33.9 Å². The minimum atomic E-state index is -1.30. The number of benzene rings is 4. The van der Waals surface area contributed by atoms with Crippen LogP contribution in [0.5, 0.6) is 0 Å². The van der Waals surface area contributed by atoms with Gasteiger partial charge in [0.05, 0.1) is 36.3 Å². The summed E-state index contributed by atoms with van der Waals surface area (Å²) < 4.78 is 7.23. The number of carbonyl (C=O) groups is 6. The number of hydrogen-bond donors (Lipinski definition) is 5. The zero-order chi connectivity index (χ0) is 50.6. The fourth-order valence-electron chi connectivity index (χ4n) is 10.3. The van der Waals surface area contributed by atoms with Gasteiger partial charge in [-0.2, -0.15) is 0 Å². The number of aryl methyl sites for hydroxylation is 1. The molecule has 16 nitrogen and oxygen atoms in total. The van der Waals surface area contributed by atoms with Crippen LogP contribution in [0.15, 0.2) is 109 Å². The molecule has 3 unspecified atom stereocenters. The Bertz CT molecular complexity index is 2770. The molecule has 374 valence electrons. The van der Waals surface area contributed by atoms with E-state index in [4.69, 9.17) is 4.74 Å². The number of likely N-dealkylation sites (N-methyl/N-ethyl adjacent to an activating group) is 1. The fraction of sp³-hybridized carbons (Fsp3) is 0.418. The number of carboxylic acid groups (broad SMARTS) is 1. The van der Waals surface area contributed by atoms with Gasteiger partial charge in [-0.25, -0.2) is 9.59 Å². The van der Waals surface area contributed by atoms with Crippen LogP contribution < -0.4 is 21.3 Å². The van der Waals surface area contributed by atoms with E-state index in [-0.39, 0.29) is 50.0 Å². The lowest BCUT2D eigenvalue weighted by Gasteiger charge is -2.37. The van der Waals surface area contributed by atoms with E-state index in [0.717, 1.165) is 57.4 Å². The Morgan fingerprint density at radius 2 is 1.59 bits per heavy atom. The van der Waals surface area contributed by atoms with Crippen molar-refractivity contribution in [1.29, 1.82) is 0 Å². The van der Waals surface area contributed by atoms with Crippen LogP contribution in [0.4, 0.5) is 9.59 Å². The first-order valence-electron chi connectivity index (χ1n) is 24.5. The molecule has 4 aromatic carbocycles. The van der Waals surface area contributed by atoms with Gasteiger partial charge in [0.15, 0.2) is 0 Å². The average Bonchev–Trinajstić information content (AvgIpc) is 4.00. The molecule has 2 aliphatic heterocycles. The van der Waals surface area contributed by atoms with Crippen LogP contribution in [-0.2, 0) is 49.8 Å². The van der Waals surface area contributed by atoms with Gasteiger partial charge in [0.2, 0.25) is 23.6 Å². The molecular formula is C55H66N8O8. The Morgan fingerprint density at radius 3 is 2.31 bits per heavy atom. The monoisotopic (exact) mass is 967 g/mol. The number of aromatic nitrogens is 1. The quantitative estimate of drug-likeness (QED) is 0.0847. The highest BCUT2D eigenvalue weighted by atomic mass is 16.5. The summed E-state index contributed by atoms with van der Waals surface area (Å²) in [6, 6.07) is 28.2. The van der Waals surface area contributed by atoms with Crippen LogP contribution >= 0.6 is 0 Å². The Labute approximate surface area is 415 Å². The molecule has 6 amide bonds. The van der Waals surface area contributed by atoms with Crippen molar-refractivity contribution in [2.45, 2.75) is 115 Å². The molecule has 5 aromatic rings. The molecule has 7 atom stereocenters. The number of rotatable bonds is 14. The number of hydrogen-bond acceptors (Lipinski definition) is 8. The molecule has 71 heavy (non-hydrogen) atoms. The maximum Gasteiger partial charge on any atom is 0.407 e. The SMILES string of the molecule is COC[C@@H](c1ccccc1)N(Cc1ccc2c(ccn2C(=O)N[C@H]2C[C@@H](C(=O)N[C@H]3CCCc4ccccc43)N(C(=O)C(NC(=O)C(C)N(C)C(=O)O)C(C)(C)C)C2)c1)C(=O)C1Cc2ccccc2CN1. The molecule has 0 spiro atoms. The third kappa shape index (κ3) is 11.1. The molecule has 8 rings (SSSR count). The van der Waals surface area contributed by atoms with Gasteiger partial charge in [-0.1, -0.05) is 106 Å². The molecule has 1 saturated heterocycles. The second-order valence-electron chi connectivity index (χ2n) is 20.3. The van der Waals surface area contributed by atoms with E-state index in [1.165, 1.54) is 29.0 Å². The number of fused-ring (bicyclic) bond motifs is 3. The third-order valence-corrected chi connectivity index (χ3v) is 14.4. The standard InChI is InChI=1S/C55H66N8O8/c1-34(60(5)54(69)70)49(64)59-48(55(2,3)4)52(67)63-32-41(29-46(63)50(65)58-43-22-14-20-36-15-12-13-21-42(36)43)57-53(68)61-26-25-39-27-35(23-24-45(39)61)31-62(47(33-71-6)37-16-8-7-9-17-37)51(66)44-28-38-18-10-11-19-40(38)30-56-44/h7-13,15-19,21,23-27,34,41,43-44,46-48,56H,14,20,22,28-33H2,1-6H3,(H,57,68)(H,58,65)(H,59,64)(H,69,70)/t34?,41-,43-,44?,46-,47-,48?/m0/s1. The van der Waals surface area contributed by atoms with Crippen molar-refractivity contribution in [2.24, 2.45) is 5.41 Å². The first-order valence-corrected chi connectivity index (χ1v) is 24.5. The zero-order valence-corrected chi connectivity index (χ0v) is 41.4. The number of methoxy groups -OCH3 is 1. The lowest BCUT2D eigenvalue weighted by atomic mass is 9.85. The molecule has 0 radical (unpaired) electrons. The summed E-state index contributed by atoms with van der Waals surface area (Å²) in [6.45, 7) is 7.94. The Hall–Kier alpha value is -7.04. The van der Waals surface area contributed by atoms with Crippen LogP contribution in [0.25, 0.3) is 10.9 Å². The second-order valence-corrected chi connectivity index (χ2v) is 20.3. The van der Waals surface area contributed by atoms with Gasteiger partial charge in [0.1, 0.15) is 18.1 Å². The van der Waals surface area contributed by atoms with Crippen molar-refractivity contribution in [3.8, 4) is 0 Å². The first kappa shape index (κ1) is 50.4. The van der Waals surface area contributed by atoms with Crippen molar-refractivity contribution in [1.82, 2.24) is 40.5 Å². The number of amides is 6. The van der Waals surface area contributed by atoms with Gasteiger partial charge in [-0.15, -0.1) is 0 Å². The van der Waals surface area contributed by atoms with Gasteiger partial charge in [-0.05, 0) is 96.0 Å². The van der Waals surface area contributed by atoms with Crippen molar-refractivity contribution >= 4 is 46.7 Å².